The number of carbonyl (C=O) groups excluding carboxylic acids is 1. The van der Waals surface area contributed by atoms with Gasteiger partial charge in [-0.1, -0.05) is 304 Å². The number of aliphatic hydroxyl groups excluding tert-OH is 5. The van der Waals surface area contributed by atoms with Crippen molar-refractivity contribution in [3.05, 3.63) is 97.2 Å². The molecule has 6 N–H and O–H groups in total. The van der Waals surface area contributed by atoms with Gasteiger partial charge in [0.1, 0.15) is 24.4 Å². The summed E-state index contributed by atoms with van der Waals surface area (Å²) >= 11 is 0. The van der Waals surface area contributed by atoms with Crippen molar-refractivity contribution in [2.24, 2.45) is 0 Å². The second kappa shape index (κ2) is 59.3. The lowest BCUT2D eigenvalue weighted by atomic mass is 9.99. The normalized spacial score (nSPS) is 19.1. The molecule has 0 aromatic heterocycles. The van der Waals surface area contributed by atoms with Crippen molar-refractivity contribution < 1.29 is 39.8 Å². The van der Waals surface area contributed by atoms with Gasteiger partial charge in [-0.15, -0.1) is 0 Å². The van der Waals surface area contributed by atoms with Gasteiger partial charge in [-0.05, 0) is 77.0 Å². The molecule has 1 saturated heterocycles. The van der Waals surface area contributed by atoms with Gasteiger partial charge in [0.2, 0.25) is 5.91 Å². The third-order valence-corrected chi connectivity index (χ3v) is 15.4. The van der Waals surface area contributed by atoms with Gasteiger partial charge in [0, 0.05) is 6.42 Å². The first-order valence-corrected chi connectivity index (χ1v) is 33.5. The summed E-state index contributed by atoms with van der Waals surface area (Å²) < 4.78 is 11.3. The van der Waals surface area contributed by atoms with Crippen LogP contribution in [0.2, 0.25) is 0 Å². The fourth-order valence-corrected chi connectivity index (χ4v) is 10.2. The van der Waals surface area contributed by atoms with Crippen LogP contribution in [0.25, 0.3) is 0 Å². The minimum absolute atomic E-state index is 0.184. The molecular formula is C71H125NO8. The minimum Gasteiger partial charge on any atom is -0.394 e. The van der Waals surface area contributed by atoms with Crippen molar-refractivity contribution >= 4 is 5.91 Å². The van der Waals surface area contributed by atoms with Gasteiger partial charge in [-0.25, -0.2) is 0 Å². The van der Waals surface area contributed by atoms with Gasteiger partial charge in [0.25, 0.3) is 0 Å². The molecule has 0 aliphatic carbocycles. The molecule has 0 radical (unpaired) electrons. The molecule has 7 atom stereocenters. The minimum atomic E-state index is -1.57. The summed E-state index contributed by atoms with van der Waals surface area (Å²) in [5.41, 5.74) is 0. The molecule has 0 aromatic rings. The van der Waals surface area contributed by atoms with Crippen LogP contribution in [0.15, 0.2) is 97.2 Å². The van der Waals surface area contributed by atoms with Gasteiger partial charge in [-0.3, -0.25) is 4.79 Å². The Hall–Kier alpha value is -2.89. The maximum absolute atomic E-state index is 13.1. The van der Waals surface area contributed by atoms with Gasteiger partial charge in [0.05, 0.1) is 25.4 Å². The molecule has 0 aromatic carbocycles. The highest BCUT2D eigenvalue weighted by Crippen LogP contribution is 2.23. The number of carbonyl (C=O) groups is 1. The Kier molecular flexibility index (Phi) is 55.7. The number of allylic oxidation sites excluding steroid dienone is 15. The first-order chi connectivity index (χ1) is 39.3. The van der Waals surface area contributed by atoms with Crippen LogP contribution in [0.5, 0.6) is 0 Å². The molecule has 462 valence electrons. The predicted molar refractivity (Wildman–Crippen MR) is 341 cm³/mol. The summed E-state index contributed by atoms with van der Waals surface area (Å²) in [6.45, 7) is 3.69. The number of amides is 1. The zero-order chi connectivity index (χ0) is 57.9. The monoisotopic (exact) mass is 1120 g/mol. The molecule has 80 heavy (non-hydrogen) atoms. The molecule has 0 bridgehead atoms. The average molecular weight is 1120 g/mol. The standard InChI is InChI=1S/C71H125NO8/c1-3-5-7-9-11-13-15-17-19-21-23-25-27-29-31-32-33-34-35-37-39-41-43-45-47-49-51-53-55-57-59-61-67(75)72-64(63-79-71-70(78)69(77)68(76)66(62-73)80-71)65(74)60-58-56-54-52-50-48-46-44-42-40-38-36-30-28-26-24-22-20-18-16-14-12-10-8-6-4-2/h5,7,11,13,17,19,23,25,29,31,33-34,37,39,58,60,64-66,68-71,73-74,76-78H,3-4,6,8-10,12,14-16,18,20-22,24,26-28,30,32,35-36,38,40-57,59,61-63H2,1-2H3,(H,72,75)/b7-5-,13-11-,19-17-,25-23-,31-29-,34-33-,39-37-,60-58+. The van der Waals surface area contributed by atoms with Gasteiger partial charge in [-0.2, -0.15) is 0 Å². The van der Waals surface area contributed by atoms with Crippen LogP contribution in [-0.2, 0) is 14.3 Å². The number of aliphatic hydroxyl groups is 5. The topological polar surface area (TPSA) is 149 Å². The maximum Gasteiger partial charge on any atom is 0.220 e. The van der Waals surface area contributed by atoms with E-state index in [-0.39, 0.29) is 12.5 Å². The van der Waals surface area contributed by atoms with Crippen LogP contribution in [0, 0.1) is 0 Å². The Morgan fingerprint density at radius 2 is 0.775 bits per heavy atom. The molecule has 1 heterocycles. The molecule has 1 aliphatic heterocycles. The summed E-state index contributed by atoms with van der Waals surface area (Å²) in [4.78, 5) is 13.1. The molecule has 1 aliphatic rings. The smallest absolute Gasteiger partial charge is 0.220 e. The second-order valence-corrected chi connectivity index (χ2v) is 22.9. The number of hydrogen-bond acceptors (Lipinski definition) is 8. The number of hydrogen-bond donors (Lipinski definition) is 6. The third-order valence-electron chi connectivity index (χ3n) is 15.4. The van der Waals surface area contributed by atoms with Crippen molar-refractivity contribution in [2.45, 2.75) is 333 Å². The zero-order valence-electron chi connectivity index (χ0n) is 51.6. The SMILES string of the molecule is CC/C=C\C/C=C\C/C=C\C/C=C\C/C=C\C/C=C\C/C=C\CCCCCCCCCCCC(=O)NC(COC1OC(CO)C(O)C(O)C1O)C(O)/C=C/CCCCCCCCCCCCCCCCCCCCCCCCCC. The highest BCUT2D eigenvalue weighted by atomic mass is 16.7. The summed E-state index contributed by atoms with van der Waals surface area (Å²) in [7, 11) is 0. The Labute approximate surface area is 492 Å². The van der Waals surface area contributed by atoms with E-state index in [0.29, 0.717) is 6.42 Å². The fraction of sp³-hybridized carbons (Fsp3) is 0.761. The molecule has 0 spiro atoms. The number of rotatable bonds is 57. The predicted octanol–water partition coefficient (Wildman–Crippen LogP) is 17.9. The van der Waals surface area contributed by atoms with E-state index in [1.54, 1.807) is 6.08 Å². The highest BCUT2D eigenvalue weighted by Gasteiger charge is 2.44. The summed E-state index contributed by atoms with van der Waals surface area (Å²) in [6.07, 6.45) is 79.2. The largest absolute Gasteiger partial charge is 0.394 e. The maximum atomic E-state index is 13.1. The molecule has 1 amide bonds. The van der Waals surface area contributed by atoms with Crippen molar-refractivity contribution in [3.63, 3.8) is 0 Å². The highest BCUT2D eigenvalue weighted by molar-refractivity contribution is 5.76. The van der Waals surface area contributed by atoms with E-state index in [4.69, 9.17) is 9.47 Å². The molecule has 9 heteroatoms. The molecular weight excluding hydrogens is 995 g/mol. The van der Waals surface area contributed by atoms with Crippen molar-refractivity contribution in [1.82, 2.24) is 5.32 Å². The zero-order valence-corrected chi connectivity index (χ0v) is 51.6. The van der Waals surface area contributed by atoms with Crippen LogP contribution in [-0.4, -0.2) is 87.5 Å². The molecule has 9 nitrogen and oxygen atoms in total. The lowest BCUT2D eigenvalue weighted by molar-refractivity contribution is -0.302. The lowest BCUT2D eigenvalue weighted by Gasteiger charge is -2.40. The average Bonchev–Trinajstić information content (AvgIpc) is 3.46. The fourth-order valence-electron chi connectivity index (χ4n) is 10.2. The van der Waals surface area contributed by atoms with Crippen molar-refractivity contribution in [1.29, 1.82) is 0 Å². The Bertz CT molecular complexity index is 1580. The Morgan fingerprint density at radius 1 is 0.438 bits per heavy atom. The summed E-state index contributed by atoms with van der Waals surface area (Å²) in [6, 6.07) is -0.816. The van der Waals surface area contributed by atoms with Crippen LogP contribution >= 0.6 is 0 Å². The van der Waals surface area contributed by atoms with Gasteiger partial charge >= 0.3 is 0 Å². The van der Waals surface area contributed by atoms with E-state index in [1.807, 2.05) is 6.08 Å². The van der Waals surface area contributed by atoms with Gasteiger partial charge in [0.15, 0.2) is 6.29 Å². The second-order valence-electron chi connectivity index (χ2n) is 22.9. The van der Waals surface area contributed by atoms with E-state index >= 15 is 0 Å². The van der Waals surface area contributed by atoms with Crippen LogP contribution < -0.4 is 5.32 Å². The molecule has 1 fully saturated rings. The van der Waals surface area contributed by atoms with Gasteiger partial charge < -0.3 is 40.3 Å². The van der Waals surface area contributed by atoms with E-state index in [1.165, 1.54) is 173 Å². The number of unbranched alkanes of at least 4 members (excludes halogenated alkanes) is 33. The van der Waals surface area contributed by atoms with Crippen LogP contribution in [0.1, 0.15) is 290 Å². The quantitative estimate of drug-likeness (QED) is 0.0261. The van der Waals surface area contributed by atoms with E-state index in [9.17, 15) is 30.3 Å². The first-order valence-electron chi connectivity index (χ1n) is 33.5. The summed E-state index contributed by atoms with van der Waals surface area (Å²) in [5.74, 6) is -0.184. The molecule has 7 unspecified atom stereocenters. The third kappa shape index (κ3) is 47.6. The molecule has 1 rings (SSSR count). The van der Waals surface area contributed by atoms with Crippen molar-refractivity contribution in [2.75, 3.05) is 13.2 Å². The lowest BCUT2D eigenvalue weighted by Crippen LogP contribution is -2.60. The first kappa shape index (κ1) is 75.1. The molecule has 0 saturated carbocycles. The Balaban J connectivity index is 2.19. The van der Waals surface area contributed by atoms with E-state index < -0.39 is 49.5 Å². The Morgan fingerprint density at radius 3 is 1.15 bits per heavy atom. The number of ether oxygens (including phenoxy) is 2. The van der Waals surface area contributed by atoms with Crippen LogP contribution in [0.3, 0.4) is 0 Å². The van der Waals surface area contributed by atoms with Crippen LogP contribution in [0.4, 0.5) is 0 Å². The number of nitrogens with one attached hydrogen (secondary N) is 1. The van der Waals surface area contributed by atoms with E-state index in [0.717, 1.165) is 96.3 Å². The van der Waals surface area contributed by atoms with Crippen molar-refractivity contribution in [3.8, 4) is 0 Å². The van der Waals surface area contributed by atoms with E-state index in [2.05, 4.69) is 104 Å². The summed E-state index contributed by atoms with van der Waals surface area (Å²) in [5, 5.41) is 54.7.